The quantitative estimate of drug-likeness (QED) is 0.723. The predicted octanol–water partition coefficient (Wildman–Crippen LogP) is 2.14. The Labute approximate surface area is 158 Å². The van der Waals surface area contributed by atoms with Gasteiger partial charge in [0.1, 0.15) is 11.1 Å². The van der Waals surface area contributed by atoms with Gasteiger partial charge in [-0.1, -0.05) is 0 Å². The van der Waals surface area contributed by atoms with E-state index in [-0.39, 0.29) is 24.6 Å². The topological polar surface area (TPSA) is 111 Å². The number of urea groups is 1. The van der Waals surface area contributed by atoms with Gasteiger partial charge in [-0.25, -0.2) is 19.4 Å². The fraction of sp³-hybridized carbons (Fsp3) is 0.833. The number of ether oxygens (including phenoxy) is 1. The molecule has 0 aliphatic carbocycles. The molecule has 2 N–H and O–H groups in total. The Morgan fingerprint density at radius 2 is 1.85 bits per heavy atom. The lowest BCUT2D eigenvalue weighted by Gasteiger charge is -2.43. The van der Waals surface area contributed by atoms with Crippen molar-refractivity contribution < 1.29 is 29.4 Å². The summed E-state index contributed by atoms with van der Waals surface area (Å²) < 4.78 is 5.39. The van der Waals surface area contributed by atoms with Gasteiger partial charge < -0.3 is 19.6 Å². The number of rotatable bonds is 3. The van der Waals surface area contributed by atoms with Crippen LogP contribution in [-0.4, -0.2) is 80.1 Å². The molecule has 2 bridgehead atoms. The first-order valence-corrected chi connectivity index (χ1v) is 9.54. The molecule has 0 aromatic carbocycles. The maximum atomic E-state index is 12.3. The second-order valence-electron chi connectivity index (χ2n) is 8.88. The van der Waals surface area contributed by atoms with E-state index in [1.54, 1.807) is 4.90 Å². The lowest BCUT2D eigenvalue weighted by atomic mass is 9.76. The molecule has 9 heteroatoms. The number of nitrogens with zero attached hydrogens (tertiary/aromatic N) is 3. The number of hydrogen-bond acceptors (Lipinski definition) is 5. The SMILES string of the molecule is CC(C)(C)OC(=O)N1CCC(C[C@]2(C(=O)O)CC[C@@H]3CN2C(=O)N3O)CC1. The van der Waals surface area contributed by atoms with E-state index in [1.165, 1.54) is 4.90 Å². The summed E-state index contributed by atoms with van der Waals surface area (Å²) in [7, 11) is 0. The van der Waals surface area contributed by atoms with Gasteiger partial charge in [-0.2, -0.15) is 0 Å². The van der Waals surface area contributed by atoms with Crippen LogP contribution in [-0.2, 0) is 9.53 Å². The fourth-order valence-electron chi connectivity index (χ4n) is 4.40. The zero-order valence-electron chi connectivity index (χ0n) is 16.2. The van der Waals surface area contributed by atoms with Crippen LogP contribution in [0.5, 0.6) is 0 Å². The van der Waals surface area contributed by atoms with Crippen molar-refractivity contribution in [3.63, 3.8) is 0 Å². The van der Waals surface area contributed by atoms with Gasteiger partial charge in [0.2, 0.25) is 0 Å². The van der Waals surface area contributed by atoms with E-state index in [9.17, 15) is 24.7 Å². The standard InChI is InChI=1S/C18H29N3O6/c1-17(2,3)27-16(25)19-8-5-12(6-9-19)10-18(14(22)23)7-4-13-11-20(18)15(24)21(13)26/h12-13,26H,4-11H2,1-3H3,(H,22,23)/t13-,18+/m1/s1. The van der Waals surface area contributed by atoms with Crippen molar-refractivity contribution in [1.82, 2.24) is 14.9 Å². The van der Waals surface area contributed by atoms with Crippen molar-refractivity contribution >= 4 is 18.1 Å². The molecule has 152 valence electrons. The summed E-state index contributed by atoms with van der Waals surface area (Å²) in [6, 6.07) is -0.940. The number of likely N-dealkylation sites (tertiary alicyclic amines) is 1. The number of carboxylic acids is 1. The molecule has 3 amide bonds. The second-order valence-corrected chi connectivity index (χ2v) is 8.88. The highest BCUT2D eigenvalue weighted by Crippen LogP contribution is 2.42. The zero-order valence-corrected chi connectivity index (χ0v) is 16.2. The molecule has 3 aliphatic heterocycles. The zero-order chi connectivity index (χ0) is 20.0. The average Bonchev–Trinajstić information content (AvgIpc) is 2.82. The normalized spacial score (nSPS) is 29.3. The largest absolute Gasteiger partial charge is 0.479 e. The smallest absolute Gasteiger partial charge is 0.410 e. The van der Waals surface area contributed by atoms with E-state index < -0.39 is 23.1 Å². The Balaban J connectivity index is 1.64. The summed E-state index contributed by atoms with van der Waals surface area (Å²) in [6.45, 7) is 6.74. The highest BCUT2D eigenvalue weighted by atomic mass is 16.6. The molecular weight excluding hydrogens is 354 g/mol. The first-order valence-electron chi connectivity index (χ1n) is 9.54. The van der Waals surface area contributed by atoms with Gasteiger partial charge in [-0.15, -0.1) is 0 Å². The molecular formula is C18H29N3O6. The van der Waals surface area contributed by atoms with Crippen LogP contribution in [0.25, 0.3) is 0 Å². The van der Waals surface area contributed by atoms with Crippen molar-refractivity contribution in [2.24, 2.45) is 5.92 Å². The highest BCUT2D eigenvalue weighted by molar-refractivity contribution is 5.88. The molecule has 3 rings (SSSR count). The molecule has 0 aromatic rings. The number of hydrogen-bond donors (Lipinski definition) is 2. The van der Waals surface area contributed by atoms with Crippen LogP contribution in [0.1, 0.15) is 52.9 Å². The number of carbonyl (C=O) groups is 3. The maximum Gasteiger partial charge on any atom is 0.410 e. The van der Waals surface area contributed by atoms with Crippen LogP contribution in [0.15, 0.2) is 0 Å². The number of amides is 3. The van der Waals surface area contributed by atoms with Crippen molar-refractivity contribution in [3.05, 3.63) is 0 Å². The van der Waals surface area contributed by atoms with E-state index in [0.717, 1.165) is 0 Å². The average molecular weight is 383 g/mol. The van der Waals surface area contributed by atoms with Gasteiger partial charge in [0.05, 0.1) is 6.04 Å². The number of hydroxylamine groups is 2. The minimum Gasteiger partial charge on any atom is -0.479 e. The van der Waals surface area contributed by atoms with Gasteiger partial charge in [-0.3, -0.25) is 5.21 Å². The third-order valence-corrected chi connectivity index (χ3v) is 5.86. The summed E-state index contributed by atoms with van der Waals surface area (Å²) in [6.07, 6.45) is 2.14. The molecule has 0 saturated carbocycles. The van der Waals surface area contributed by atoms with E-state index in [0.29, 0.717) is 50.3 Å². The molecule has 3 saturated heterocycles. The van der Waals surface area contributed by atoms with Crippen LogP contribution in [0.4, 0.5) is 9.59 Å². The van der Waals surface area contributed by atoms with Crippen LogP contribution in [0.2, 0.25) is 0 Å². The predicted molar refractivity (Wildman–Crippen MR) is 94.3 cm³/mol. The van der Waals surface area contributed by atoms with Gasteiger partial charge in [-0.05, 0) is 58.8 Å². The van der Waals surface area contributed by atoms with E-state index in [2.05, 4.69) is 0 Å². The van der Waals surface area contributed by atoms with Crippen LogP contribution in [0.3, 0.4) is 0 Å². The van der Waals surface area contributed by atoms with Crippen molar-refractivity contribution in [3.8, 4) is 0 Å². The lowest BCUT2D eigenvalue weighted by molar-refractivity contribution is -0.152. The molecule has 3 heterocycles. The summed E-state index contributed by atoms with van der Waals surface area (Å²) in [5.41, 5.74) is -1.82. The van der Waals surface area contributed by atoms with Crippen LogP contribution < -0.4 is 0 Å². The Kier molecular flexibility index (Phi) is 5.00. The Bertz CT molecular complexity index is 625. The highest BCUT2D eigenvalue weighted by Gasteiger charge is 2.57. The summed E-state index contributed by atoms with van der Waals surface area (Å²) in [5.74, 6) is -0.920. The molecule has 0 spiro atoms. The molecule has 9 nitrogen and oxygen atoms in total. The number of fused-ring (bicyclic) bond motifs is 2. The molecule has 0 radical (unpaired) electrons. The van der Waals surface area contributed by atoms with Crippen LogP contribution in [0, 0.1) is 5.92 Å². The number of carboxylic acid groups (broad SMARTS) is 1. The number of carbonyl (C=O) groups excluding carboxylic acids is 2. The number of aliphatic carboxylic acids is 1. The summed E-state index contributed by atoms with van der Waals surface area (Å²) in [5, 5.41) is 20.5. The van der Waals surface area contributed by atoms with Gasteiger partial charge in [0.15, 0.2) is 0 Å². The summed E-state index contributed by atoms with van der Waals surface area (Å²) in [4.78, 5) is 39.6. The van der Waals surface area contributed by atoms with Gasteiger partial charge in [0, 0.05) is 19.6 Å². The molecule has 3 aliphatic rings. The third-order valence-electron chi connectivity index (χ3n) is 5.86. The lowest BCUT2D eigenvalue weighted by Crippen LogP contribution is -2.59. The molecule has 27 heavy (non-hydrogen) atoms. The molecule has 2 atom stereocenters. The first kappa shape index (κ1) is 19.7. The molecule has 0 unspecified atom stereocenters. The molecule has 3 fully saturated rings. The van der Waals surface area contributed by atoms with Crippen molar-refractivity contribution in [2.75, 3.05) is 19.6 Å². The van der Waals surface area contributed by atoms with E-state index in [1.807, 2.05) is 20.8 Å². The monoisotopic (exact) mass is 383 g/mol. The summed E-state index contributed by atoms with van der Waals surface area (Å²) >= 11 is 0. The van der Waals surface area contributed by atoms with Crippen molar-refractivity contribution in [1.29, 1.82) is 0 Å². The minimum absolute atomic E-state index is 0.0943. The minimum atomic E-state index is -1.27. The second kappa shape index (κ2) is 6.85. The van der Waals surface area contributed by atoms with Gasteiger partial charge >= 0.3 is 18.1 Å². The van der Waals surface area contributed by atoms with E-state index >= 15 is 0 Å². The van der Waals surface area contributed by atoms with E-state index in [4.69, 9.17) is 4.74 Å². The Morgan fingerprint density at radius 3 is 2.41 bits per heavy atom. The third kappa shape index (κ3) is 3.69. The maximum absolute atomic E-state index is 12.3. The molecule has 0 aromatic heterocycles. The van der Waals surface area contributed by atoms with Crippen molar-refractivity contribution in [2.45, 2.75) is 70.1 Å². The Morgan fingerprint density at radius 1 is 1.22 bits per heavy atom. The Hall–Kier alpha value is -2.03. The van der Waals surface area contributed by atoms with Crippen LogP contribution >= 0.6 is 0 Å². The fourth-order valence-corrected chi connectivity index (χ4v) is 4.40. The number of piperidine rings is 2. The first-order chi connectivity index (χ1) is 12.5. The van der Waals surface area contributed by atoms with Gasteiger partial charge in [0.25, 0.3) is 0 Å².